The van der Waals surface area contributed by atoms with Gasteiger partial charge in [0, 0.05) is 30.1 Å². The first-order valence-electron chi connectivity index (χ1n) is 7.91. The Morgan fingerprint density at radius 3 is 2.76 bits per heavy atom. The summed E-state index contributed by atoms with van der Waals surface area (Å²) in [6.45, 7) is 2.92. The lowest BCUT2D eigenvalue weighted by atomic mass is 10.1. The number of aryl methyl sites for hydroxylation is 1. The monoisotopic (exact) mass is 334 g/mol. The highest BCUT2D eigenvalue weighted by Gasteiger charge is 2.12. The van der Waals surface area contributed by atoms with Gasteiger partial charge in [0.1, 0.15) is 11.3 Å². The third-order valence-electron chi connectivity index (χ3n) is 4.17. The van der Waals surface area contributed by atoms with Crippen molar-refractivity contribution in [3.63, 3.8) is 0 Å². The summed E-state index contributed by atoms with van der Waals surface area (Å²) in [5.41, 5.74) is 3.04. The zero-order chi connectivity index (χ0) is 18.0. The van der Waals surface area contributed by atoms with Crippen LogP contribution < -0.4 is 5.63 Å². The van der Waals surface area contributed by atoms with Crippen molar-refractivity contribution in [2.75, 3.05) is 7.05 Å². The van der Waals surface area contributed by atoms with Gasteiger partial charge in [-0.2, -0.15) is 5.26 Å². The van der Waals surface area contributed by atoms with Crippen LogP contribution in [0.3, 0.4) is 0 Å². The molecule has 0 saturated heterocycles. The van der Waals surface area contributed by atoms with Crippen molar-refractivity contribution in [1.82, 2.24) is 4.90 Å². The second-order valence-electron chi connectivity index (χ2n) is 6.16. The Morgan fingerprint density at radius 1 is 1.20 bits per heavy atom. The fraction of sp³-hybridized carbons (Fsp3) is 0.200. The van der Waals surface area contributed by atoms with E-state index in [9.17, 15) is 9.90 Å². The molecule has 0 atom stereocenters. The third kappa shape index (κ3) is 3.54. The highest BCUT2D eigenvalue weighted by atomic mass is 16.4. The molecule has 25 heavy (non-hydrogen) atoms. The number of fused-ring (bicyclic) bond motifs is 1. The second-order valence-corrected chi connectivity index (χ2v) is 6.16. The molecule has 2 aromatic carbocycles. The van der Waals surface area contributed by atoms with Gasteiger partial charge >= 0.3 is 5.63 Å². The van der Waals surface area contributed by atoms with E-state index >= 15 is 0 Å². The maximum Gasteiger partial charge on any atom is 0.336 e. The van der Waals surface area contributed by atoms with Gasteiger partial charge in [0.2, 0.25) is 0 Å². The van der Waals surface area contributed by atoms with Crippen LogP contribution in [0.2, 0.25) is 0 Å². The molecule has 0 spiro atoms. The number of hydrogen-bond acceptors (Lipinski definition) is 5. The maximum absolute atomic E-state index is 11.9. The molecule has 1 heterocycles. The number of benzene rings is 2. The van der Waals surface area contributed by atoms with Gasteiger partial charge in [-0.3, -0.25) is 4.90 Å². The van der Waals surface area contributed by atoms with Crippen molar-refractivity contribution in [2.24, 2.45) is 0 Å². The van der Waals surface area contributed by atoms with Crippen LogP contribution in [0.5, 0.6) is 5.75 Å². The van der Waals surface area contributed by atoms with Crippen LogP contribution in [0.15, 0.2) is 51.7 Å². The third-order valence-corrected chi connectivity index (χ3v) is 4.17. The van der Waals surface area contributed by atoms with Crippen LogP contribution in [0.25, 0.3) is 11.0 Å². The van der Waals surface area contributed by atoms with Crippen LogP contribution in [-0.2, 0) is 13.1 Å². The van der Waals surface area contributed by atoms with Crippen LogP contribution in [0.4, 0.5) is 0 Å². The zero-order valence-corrected chi connectivity index (χ0v) is 14.1. The second kappa shape index (κ2) is 6.80. The van der Waals surface area contributed by atoms with Crippen molar-refractivity contribution in [1.29, 1.82) is 5.26 Å². The lowest BCUT2D eigenvalue weighted by Crippen LogP contribution is -2.18. The summed E-state index contributed by atoms with van der Waals surface area (Å²) in [6, 6.07) is 14.5. The molecule has 0 saturated carbocycles. The maximum atomic E-state index is 11.9. The molecular weight excluding hydrogens is 316 g/mol. The minimum atomic E-state index is -0.434. The SMILES string of the molecule is Cc1c(O)ccc2c(CN(C)Cc3cccc(C#N)c3)cc(=O)oc12. The first-order chi connectivity index (χ1) is 12.0. The van der Waals surface area contributed by atoms with Crippen molar-refractivity contribution < 1.29 is 9.52 Å². The molecule has 0 radical (unpaired) electrons. The minimum absolute atomic E-state index is 0.106. The van der Waals surface area contributed by atoms with Gasteiger partial charge in [0.05, 0.1) is 11.6 Å². The van der Waals surface area contributed by atoms with E-state index in [0.717, 1.165) is 16.5 Å². The molecule has 3 aromatic rings. The average Bonchev–Trinajstić information content (AvgIpc) is 2.58. The number of nitrogens with zero attached hydrogens (tertiary/aromatic N) is 2. The number of hydrogen-bond donors (Lipinski definition) is 1. The van der Waals surface area contributed by atoms with E-state index in [-0.39, 0.29) is 5.75 Å². The summed E-state index contributed by atoms with van der Waals surface area (Å²) < 4.78 is 5.27. The molecular formula is C20H18N2O3. The molecule has 0 fully saturated rings. The smallest absolute Gasteiger partial charge is 0.336 e. The minimum Gasteiger partial charge on any atom is -0.508 e. The Kier molecular flexibility index (Phi) is 4.55. The average molecular weight is 334 g/mol. The lowest BCUT2D eigenvalue weighted by Gasteiger charge is -2.18. The summed E-state index contributed by atoms with van der Waals surface area (Å²) in [5, 5.41) is 19.6. The summed E-state index contributed by atoms with van der Waals surface area (Å²) in [5.74, 6) is 0.106. The number of rotatable bonds is 4. The largest absolute Gasteiger partial charge is 0.508 e. The fourth-order valence-corrected chi connectivity index (χ4v) is 2.94. The molecule has 0 aliphatic carbocycles. The van der Waals surface area contributed by atoms with E-state index in [1.165, 1.54) is 6.07 Å². The Bertz CT molecular complexity index is 1030. The van der Waals surface area contributed by atoms with Gasteiger partial charge in [-0.25, -0.2) is 4.79 Å². The normalized spacial score (nSPS) is 11.0. The van der Waals surface area contributed by atoms with E-state index in [1.54, 1.807) is 25.1 Å². The van der Waals surface area contributed by atoms with Crippen LogP contribution in [-0.4, -0.2) is 17.1 Å². The van der Waals surface area contributed by atoms with Crippen molar-refractivity contribution in [3.05, 3.63) is 75.1 Å². The molecule has 5 heteroatoms. The molecule has 0 unspecified atom stereocenters. The van der Waals surface area contributed by atoms with Crippen LogP contribution in [0.1, 0.15) is 22.3 Å². The predicted octanol–water partition coefficient (Wildman–Crippen LogP) is 3.31. The Morgan fingerprint density at radius 2 is 2.00 bits per heavy atom. The molecule has 0 aliphatic rings. The van der Waals surface area contributed by atoms with Gasteiger partial charge < -0.3 is 9.52 Å². The van der Waals surface area contributed by atoms with Crippen LogP contribution in [0, 0.1) is 18.3 Å². The summed E-state index contributed by atoms with van der Waals surface area (Å²) >= 11 is 0. The Labute approximate surface area is 145 Å². The standard InChI is InChI=1S/C20H18N2O3/c1-13-18(23)7-6-17-16(9-19(24)25-20(13)17)12-22(2)11-15-5-3-4-14(8-15)10-21/h3-9,23H,11-12H2,1-2H3. The van der Waals surface area contributed by atoms with E-state index in [4.69, 9.17) is 9.68 Å². The summed E-state index contributed by atoms with van der Waals surface area (Å²) in [7, 11) is 1.95. The predicted molar refractivity (Wildman–Crippen MR) is 95.2 cm³/mol. The quantitative estimate of drug-likeness (QED) is 0.741. The number of nitriles is 1. The van der Waals surface area contributed by atoms with Gasteiger partial charge in [0.15, 0.2) is 0 Å². The van der Waals surface area contributed by atoms with E-state index in [2.05, 4.69) is 11.0 Å². The Hall–Kier alpha value is -3.10. The zero-order valence-electron chi connectivity index (χ0n) is 14.1. The molecule has 0 bridgehead atoms. The lowest BCUT2D eigenvalue weighted by molar-refractivity contribution is 0.319. The molecule has 126 valence electrons. The number of phenols is 1. The van der Waals surface area contributed by atoms with Crippen molar-refractivity contribution >= 4 is 11.0 Å². The van der Waals surface area contributed by atoms with Crippen molar-refractivity contribution in [3.8, 4) is 11.8 Å². The molecule has 0 aliphatic heterocycles. The summed E-state index contributed by atoms with van der Waals surface area (Å²) in [4.78, 5) is 14.0. The van der Waals surface area contributed by atoms with E-state index in [0.29, 0.717) is 29.8 Å². The first-order valence-corrected chi connectivity index (χ1v) is 7.91. The molecule has 1 N–H and O–H groups in total. The van der Waals surface area contributed by atoms with Gasteiger partial charge in [-0.15, -0.1) is 0 Å². The molecule has 0 amide bonds. The topological polar surface area (TPSA) is 77.5 Å². The molecule has 1 aromatic heterocycles. The van der Waals surface area contributed by atoms with Gasteiger partial charge in [0.25, 0.3) is 0 Å². The molecule has 5 nitrogen and oxygen atoms in total. The fourth-order valence-electron chi connectivity index (χ4n) is 2.94. The van der Waals surface area contributed by atoms with E-state index in [1.807, 2.05) is 25.2 Å². The Balaban J connectivity index is 1.91. The van der Waals surface area contributed by atoms with Gasteiger partial charge in [-0.1, -0.05) is 12.1 Å². The van der Waals surface area contributed by atoms with Crippen molar-refractivity contribution in [2.45, 2.75) is 20.0 Å². The molecule has 3 rings (SSSR count). The highest BCUT2D eigenvalue weighted by Crippen LogP contribution is 2.28. The number of aromatic hydroxyl groups is 1. The van der Waals surface area contributed by atoms with Gasteiger partial charge in [-0.05, 0) is 49.4 Å². The first kappa shape index (κ1) is 16.7. The van der Waals surface area contributed by atoms with E-state index < -0.39 is 5.63 Å². The summed E-state index contributed by atoms with van der Waals surface area (Å²) in [6.07, 6.45) is 0. The van der Waals surface area contributed by atoms with Crippen LogP contribution >= 0.6 is 0 Å². The highest BCUT2D eigenvalue weighted by molar-refractivity contribution is 5.84. The number of phenolic OH excluding ortho intramolecular Hbond substituents is 1.